The Bertz CT molecular complexity index is 475. The first-order valence-corrected chi connectivity index (χ1v) is 10.8. The summed E-state index contributed by atoms with van der Waals surface area (Å²) in [5.74, 6) is 1.67. The molecule has 27 heavy (non-hydrogen) atoms. The van der Waals surface area contributed by atoms with Crippen molar-refractivity contribution in [1.29, 1.82) is 0 Å². The van der Waals surface area contributed by atoms with Gasteiger partial charge in [-0.25, -0.2) is 0 Å². The SMILES string of the molecule is CCNC(=NCC(C)CN1CCN(CC)CC1)NC1CCN(C(=O)CC)C1. The molecule has 2 unspecified atom stereocenters. The molecule has 2 rings (SSSR count). The van der Waals surface area contributed by atoms with E-state index < -0.39 is 0 Å². The molecule has 2 saturated heterocycles. The van der Waals surface area contributed by atoms with Gasteiger partial charge in [0.15, 0.2) is 5.96 Å². The molecule has 7 heteroatoms. The van der Waals surface area contributed by atoms with Crippen LogP contribution < -0.4 is 10.6 Å². The van der Waals surface area contributed by atoms with Crippen molar-refractivity contribution in [2.24, 2.45) is 10.9 Å². The van der Waals surface area contributed by atoms with Gasteiger partial charge in [0, 0.05) is 71.4 Å². The van der Waals surface area contributed by atoms with Crippen LogP contribution in [0.25, 0.3) is 0 Å². The van der Waals surface area contributed by atoms with Crippen LogP contribution in [0.2, 0.25) is 0 Å². The van der Waals surface area contributed by atoms with Gasteiger partial charge in [-0.3, -0.25) is 9.79 Å². The quantitative estimate of drug-likeness (QED) is 0.482. The van der Waals surface area contributed by atoms with Gasteiger partial charge in [0.2, 0.25) is 5.91 Å². The predicted molar refractivity (Wildman–Crippen MR) is 112 cm³/mol. The molecular formula is C20H40N6O. The Morgan fingerprint density at radius 1 is 1.11 bits per heavy atom. The maximum atomic E-state index is 11.9. The number of nitrogens with one attached hydrogen (secondary N) is 2. The molecule has 2 atom stereocenters. The molecular weight excluding hydrogens is 340 g/mol. The summed E-state index contributed by atoms with van der Waals surface area (Å²) in [7, 11) is 0. The van der Waals surface area contributed by atoms with Crippen LogP contribution >= 0.6 is 0 Å². The van der Waals surface area contributed by atoms with Gasteiger partial charge in [0.05, 0.1) is 0 Å². The minimum atomic E-state index is 0.248. The first-order valence-electron chi connectivity index (χ1n) is 10.8. The van der Waals surface area contributed by atoms with Crippen molar-refractivity contribution in [2.45, 2.75) is 46.6 Å². The molecule has 0 aromatic rings. The van der Waals surface area contributed by atoms with Crippen LogP contribution in [0.5, 0.6) is 0 Å². The first kappa shape index (κ1) is 22.0. The maximum Gasteiger partial charge on any atom is 0.222 e. The van der Waals surface area contributed by atoms with Crippen molar-refractivity contribution >= 4 is 11.9 Å². The molecule has 2 aliphatic heterocycles. The Balaban J connectivity index is 1.76. The summed E-state index contributed by atoms with van der Waals surface area (Å²) in [6.45, 7) is 18.9. The minimum absolute atomic E-state index is 0.248. The highest BCUT2D eigenvalue weighted by Crippen LogP contribution is 2.11. The van der Waals surface area contributed by atoms with Crippen LogP contribution in [-0.4, -0.2) is 98.1 Å². The highest BCUT2D eigenvalue weighted by atomic mass is 16.2. The van der Waals surface area contributed by atoms with Crippen LogP contribution in [0.1, 0.15) is 40.5 Å². The number of rotatable bonds is 8. The number of hydrogen-bond donors (Lipinski definition) is 2. The lowest BCUT2D eigenvalue weighted by molar-refractivity contribution is -0.129. The summed E-state index contributed by atoms with van der Waals surface area (Å²) in [5, 5.41) is 6.88. The topological polar surface area (TPSA) is 63.2 Å². The Hall–Kier alpha value is -1.34. The molecule has 156 valence electrons. The highest BCUT2D eigenvalue weighted by Gasteiger charge is 2.25. The molecule has 2 aliphatic rings. The first-order chi connectivity index (χ1) is 13.0. The van der Waals surface area contributed by atoms with Crippen molar-refractivity contribution in [1.82, 2.24) is 25.3 Å². The number of likely N-dealkylation sites (tertiary alicyclic amines) is 1. The molecule has 0 bridgehead atoms. The summed E-state index contributed by atoms with van der Waals surface area (Å²) in [5.41, 5.74) is 0. The van der Waals surface area contributed by atoms with E-state index >= 15 is 0 Å². The molecule has 2 N–H and O–H groups in total. The zero-order valence-electron chi connectivity index (χ0n) is 17.8. The summed E-state index contributed by atoms with van der Waals surface area (Å²) in [4.78, 5) is 23.7. The van der Waals surface area contributed by atoms with Crippen molar-refractivity contribution in [3.63, 3.8) is 0 Å². The summed E-state index contributed by atoms with van der Waals surface area (Å²) in [6.07, 6.45) is 1.58. The number of aliphatic imine (C=N–C) groups is 1. The van der Waals surface area contributed by atoms with Gasteiger partial charge >= 0.3 is 0 Å². The fraction of sp³-hybridized carbons (Fsp3) is 0.900. The standard InChI is InChI=1S/C20H40N6O/c1-5-19(27)26-9-8-18(16-26)23-20(21-6-2)22-14-17(4)15-25-12-10-24(7-3)11-13-25/h17-18H,5-16H2,1-4H3,(H2,21,22,23). The number of amides is 1. The molecule has 2 fully saturated rings. The fourth-order valence-corrected chi connectivity index (χ4v) is 3.88. The van der Waals surface area contributed by atoms with E-state index in [9.17, 15) is 4.79 Å². The number of hydrogen-bond acceptors (Lipinski definition) is 4. The maximum absolute atomic E-state index is 11.9. The second-order valence-electron chi connectivity index (χ2n) is 7.88. The minimum Gasteiger partial charge on any atom is -0.357 e. The Morgan fingerprint density at radius 2 is 1.81 bits per heavy atom. The summed E-state index contributed by atoms with van der Waals surface area (Å²) in [6, 6.07) is 0.302. The molecule has 2 heterocycles. The Morgan fingerprint density at radius 3 is 2.44 bits per heavy atom. The lowest BCUT2D eigenvalue weighted by Gasteiger charge is -2.35. The average Bonchev–Trinajstić information content (AvgIpc) is 3.15. The number of likely N-dealkylation sites (N-methyl/N-ethyl adjacent to an activating group) is 1. The second-order valence-corrected chi connectivity index (χ2v) is 7.88. The van der Waals surface area contributed by atoms with E-state index in [-0.39, 0.29) is 5.91 Å². The number of guanidine groups is 1. The van der Waals surface area contributed by atoms with Crippen LogP contribution in [0.15, 0.2) is 4.99 Å². The zero-order valence-corrected chi connectivity index (χ0v) is 17.8. The Labute approximate surface area is 165 Å². The third-order valence-electron chi connectivity index (χ3n) is 5.57. The smallest absolute Gasteiger partial charge is 0.222 e. The molecule has 1 amide bonds. The number of nitrogens with zero attached hydrogens (tertiary/aromatic N) is 4. The van der Waals surface area contributed by atoms with E-state index in [0.29, 0.717) is 18.4 Å². The fourth-order valence-electron chi connectivity index (χ4n) is 3.88. The van der Waals surface area contributed by atoms with E-state index in [0.717, 1.165) is 51.6 Å². The lowest BCUT2D eigenvalue weighted by atomic mass is 10.1. The average molecular weight is 381 g/mol. The third kappa shape index (κ3) is 7.30. The highest BCUT2D eigenvalue weighted by molar-refractivity contribution is 5.80. The summed E-state index contributed by atoms with van der Waals surface area (Å²) >= 11 is 0. The second kappa shape index (κ2) is 11.5. The molecule has 0 aromatic heterocycles. The van der Waals surface area contributed by atoms with E-state index in [2.05, 4.69) is 41.2 Å². The van der Waals surface area contributed by atoms with Crippen LogP contribution in [-0.2, 0) is 4.79 Å². The number of carbonyl (C=O) groups is 1. The van der Waals surface area contributed by atoms with Crippen LogP contribution in [0.4, 0.5) is 0 Å². The normalized spacial score (nSPS) is 23.5. The monoisotopic (exact) mass is 380 g/mol. The molecule has 0 saturated carbocycles. The Kier molecular flexibility index (Phi) is 9.34. The van der Waals surface area contributed by atoms with Gasteiger partial charge < -0.3 is 25.3 Å². The van der Waals surface area contributed by atoms with Crippen molar-refractivity contribution < 1.29 is 4.79 Å². The van der Waals surface area contributed by atoms with E-state index in [1.54, 1.807) is 0 Å². The van der Waals surface area contributed by atoms with E-state index in [4.69, 9.17) is 4.99 Å². The molecule has 0 aromatic carbocycles. The molecule has 0 radical (unpaired) electrons. The summed E-state index contributed by atoms with van der Waals surface area (Å²) < 4.78 is 0. The zero-order chi connectivity index (χ0) is 19.6. The van der Waals surface area contributed by atoms with Crippen molar-refractivity contribution in [3.05, 3.63) is 0 Å². The van der Waals surface area contributed by atoms with Crippen LogP contribution in [0.3, 0.4) is 0 Å². The van der Waals surface area contributed by atoms with Crippen molar-refractivity contribution in [3.8, 4) is 0 Å². The van der Waals surface area contributed by atoms with E-state index in [1.807, 2.05) is 11.8 Å². The third-order valence-corrected chi connectivity index (χ3v) is 5.57. The van der Waals surface area contributed by atoms with Gasteiger partial charge in [-0.15, -0.1) is 0 Å². The molecule has 7 nitrogen and oxygen atoms in total. The van der Waals surface area contributed by atoms with Gasteiger partial charge in [-0.1, -0.05) is 20.8 Å². The van der Waals surface area contributed by atoms with Crippen molar-refractivity contribution in [2.75, 3.05) is 65.4 Å². The van der Waals surface area contributed by atoms with Crippen LogP contribution in [0, 0.1) is 5.92 Å². The molecule has 0 spiro atoms. The largest absolute Gasteiger partial charge is 0.357 e. The van der Waals surface area contributed by atoms with Gasteiger partial charge in [-0.2, -0.15) is 0 Å². The molecule has 0 aliphatic carbocycles. The van der Waals surface area contributed by atoms with E-state index in [1.165, 1.54) is 26.2 Å². The lowest BCUT2D eigenvalue weighted by Crippen LogP contribution is -2.47. The number of piperazine rings is 1. The van der Waals surface area contributed by atoms with Gasteiger partial charge in [0.25, 0.3) is 0 Å². The number of carbonyl (C=O) groups excluding carboxylic acids is 1. The predicted octanol–water partition coefficient (Wildman–Crippen LogP) is 0.826. The van der Waals surface area contributed by atoms with Gasteiger partial charge in [0.1, 0.15) is 0 Å². The van der Waals surface area contributed by atoms with Gasteiger partial charge in [-0.05, 0) is 25.8 Å².